The topological polar surface area (TPSA) is 46.6 Å². The molecule has 1 aliphatic rings. The number of amides is 1. The summed E-state index contributed by atoms with van der Waals surface area (Å²) >= 11 is 0. The number of fused-ring (bicyclic) bond motifs is 1. The van der Waals surface area contributed by atoms with Gasteiger partial charge in [-0.15, -0.1) is 0 Å². The summed E-state index contributed by atoms with van der Waals surface area (Å²) in [5, 5.41) is 0. The second-order valence-corrected chi connectivity index (χ2v) is 5.06. The molecule has 0 aliphatic heterocycles. The first-order valence-corrected chi connectivity index (χ1v) is 7.12. The smallest absolute Gasteiger partial charge is 0.306 e. The van der Waals surface area contributed by atoms with Crippen molar-refractivity contribution >= 4 is 11.9 Å². The first-order chi connectivity index (χ1) is 9.63. The van der Waals surface area contributed by atoms with Crippen LogP contribution in [0.15, 0.2) is 24.3 Å². The van der Waals surface area contributed by atoms with Crippen molar-refractivity contribution in [2.75, 3.05) is 13.7 Å². The van der Waals surface area contributed by atoms with E-state index in [0.717, 1.165) is 12.8 Å². The SMILES string of the molecule is CCOC(=O)CCC(=O)N(C)C1CCc2ccccc21. The van der Waals surface area contributed by atoms with Crippen molar-refractivity contribution in [1.82, 2.24) is 4.90 Å². The Labute approximate surface area is 119 Å². The van der Waals surface area contributed by atoms with E-state index in [9.17, 15) is 9.59 Å². The Kier molecular flexibility index (Phi) is 4.77. The number of nitrogens with zero attached hydrogens (tertiary/aromatic N) is 1. The van der Waals surface area contributed by atoms with Crippen LogP contribution in [0.3, 0.4) is 0 Å². The number of hydrogen-bond acceptors (Lipinski definition) is 3. The lowest BCUT2D eigenvalue weighted by Crippen LogP contribution is -2.30. The fourth-order valence-electron chi connectivity index (χ4n) is 2.73. The van der Waals surface area contributed by atoms with E-state index >= 15 is 0 Å². The molecule has 0 saturated heterocycles. The van der Waals surface area contributed by atoms with Gasteiger partial charge in [-0.05, 0) is 30.9 Å². The molecule has 0 radical (unpaired) electrons. The molecule has 1 atom stereocenters. The zero-order valence-corrected chi connectivity index (χ0v) is 12.1. The highest BCUT2D eigenvalue weighted by molar-refractivity contribution is 5.81. The molecule has 1 unspecified atom stereocenters. The van der Waals surface area contributed by atoms with E-state index < -0.39 is 0 Å². The summed E-state index contributed by atoms with van der Waals surface area (Å²) in [6, 6.07) is 8.38. The van der Waals surface area contributed by atoms with Crippen LogP contribution in [0.2, 0.25) is 0 Å². The molecule has 4 nitrogen and oxygen atoms in total. The quantitative estimate of drug-likeness (QED) is 0.776. The van der Waals surface area contributed by atoms with Crippen molar-refractivity contribution in [3.05, 3.63) is 35.4 Å². The van der Waals surface area contributed by atoms with Crippen LogP contribution in [0.25, 0.3) is 0 Å². The Morgan fingerprint density at radius 3 is 2.80 bits per heavy atom. The molecule has 0 heterocycles. The number of aryl methyl sites for hydroxylation is 1. The van der Waals surface area contributed by atoms with Crippen molar-refractivity contribution < 1.29 is 14.3 Å². The number of rotatable bonds is 5. The van der Waals surface area contributed by atoms with Crippen LogP contribution >= 0.6 is 0 Å². The van der Waals surface area contributed by atoms with Gasteiger partial charge in [0, 0.05) is 13.5 Å². The zero-order chi connectivity index (χ0) is 14.5. The maximum atomic E-state index is 12.2. The molecule has 0 N–H and O–H groups in total. The van der Waals surface area contributed by atoms with E-state index in [1.165, 1.54) is 11.1 Å². The van der Waals surface area contributed by atoms with Gasteiger partial charge in [-0.1, -0.05) is 24.3 Å². The Hall–Kier alpha value is -1.84. The Bertz CT molecular complexity index is 498. The molecule has 1 aromatic rings. The van der Waals surface area contributed by atoms with E-state index in [4.69, 9.17) is 4.74 Å². The Balaban J connectivity index is 1.93. The van der Waals surface area contributed by atoms with Gasteiger partial charge in [0.2, 0.25) is 5.91 Å². The normalized spacial score (nSPS) is 16.6. The second-order valence-electron chi connectivity index (χ2n) is 5.06. The predicted molar refractivity (Wildman–Crippen MR) is 76.1 cm³/mol. The van der Waals surface area contributed by atoms with Crippen LogP contribution in [-0.4, -0.2) is 30.4 Å². The largest absolute Gasteiger partial charge is 0.466 e. The van der Waals surface area contributed by atoms with Crippen LogP contribution in [0.1, 0.15) is 43.4 Å². The minimum Gasteiger partial charge on any atom is -0.466 e. The maximum Gasteiger partial charge on any atom is 0.306 e. The molecule has 0 fully saturated rings. The number of carbonyl (C=O) groups excluding carboxylic acids is 2. The first-order valence-electron chi connectivity index (χ1n) is 7.12. The van der Waals surface area contributed by atoms with Gasteiger partial charge >= 0.3 is 5.97 Å². The average molecular weight is 275 g/mol. The molecule has 0 bridgehead atoms. The number of hydrogen-bond donors (Lipinski definition) is 0. The molecule has 20 heavy (non-hydrogen) atoms. The van der Waals surface area contributed by atoms with Crippen LogP contribution in [0.5, 0.6) is 0 Å². The predicted octanol–water partition coefficient (Wildman–Crippen LogP) is 2.48. The highest BCUT2D eigenvalue weighted by atomic mass is 16.5. The summed E-state index contributed by atoms with van der Waals surface area (Å²) in [4.78, 5) is 25.2. The van der Waals surface area contributed by atoms with E-state index in [1.54, 1.807) is 11.8 Å². The number of benzene rings is 1. The zero-order valence-electron chi connectivity index (χ0n) is 12.1. The summed E-state index contributed by atoms with van der Waals surface area (Å²) in [6.07, 6.45) is 2.34. The van der Waals surface area contributed by atoms with Gasteiger partial charge in [-0.25, -0.2) is 0 Å². The minimum atomic E-state index is -0.305. The number of carbonyl (C=O) groups is 2. The van der Waals surface area contributed by atoms with E-state index in [-0.39, 0.29) is 30.8 Å². The summed E-state index contributed by atoms with van der Waals surface area (Å²) in [6.45, 7) is 2.13. The highest BCUT2D eigenvalue weighted by Gasteiger charge is 2.28. The summed E-state index contributed by atoms with van der Waals surface area (Å²) in [7, 11) is 1.82. The fourth-order valence-corrected chi connectivity index (χ4v) is 2.73. The summed E-state index contributed by atoms with van der Waals surface area (Å²) in [5.41, 5.74) is 2.56. The fraction of sp³-hybridized carbons (Fsp3) is 0.500. The lowest BCUT2D eigenvalue weighted by molar-refractivity contribution is -0.145. The van der Waals surface area contributed by atoms with Crippen molar-refractivity contribution in [3.8, 4) is 0 Å². The van der Waals surface area contributed by atoms with Crippen molar-refractivity contribution in [1.29, 1.82) is 0 Å². The minimum absolute atomic E-state index is 0.000226. The first kappa shape index (κ1) is 14.6. The monoisotopic (exact) mass is 275 g/mol. The third-order valence-electron chi connectivity index (χ3n) is 3.81. The molecular weight excluding hydrogens is 254 g/mol. The van der Waals surface area contributed by atoms with E-state index in [2.05, 4.69) is 12.1 Å². The maximum absolute atomic E-state index is 12.2. The lowest BCUT2D eigenvalue weighted by Gasteiger charge is -2.25. The average Bonchev–Trinajstić information content (AvgIpc) is 2.88. The molecule has 0 spiro atoms. The molecule has 2 rings (SSSR count). The molecule has 1 aromatic carbocycles. The van der Waals surface area contributed by atoms with Gasteiger partial charge in [0.15, 0.2) is 0 Å². The molecule has 1 amide bonds. The van der Waals surface area contributed by atoms with Gasteiger partial charge in [-0.3, -0.25) is 9.59 Å². The standard InChI is InChI=1S/C16H21NO3/c1-3-20-16(19)11-10-15(18)17(2)14-9-8-12-6-4-5-7-13(12)14/h4-7,14H,3,8-11H2,1-2H3. The van der Waals surface area contributed by atoms with E-state index in [1.807, 2.05) is 19.2 Å². The van der Waals surface area contributed by atoms with Crippen LogP contribution < -0.4 is 0 Å². The highest BCUT2D eigenvalue weighted by Crippen LogP contribution is 2.35. The molecular formula is C16H21NO3. The molecule has 4 heteroatoms. The number of ether oxygens (including phenoxy) is 1. The second kappa shape index (κ2) is 6.55. The third-order valence-corrected chi connectivity index (χ3v) is 3.81. The number of esters is 1. The van der Waals surface area contributed by atoms with Crippen LogP contribution in [0.4, 0.5) is 0 Å². The van der Waals surface area contributed by atoms with Gasteiger partial charge in [0.1, 0.15) is 0 Å². The summed E-state index contributed by atoms with van der Waals surface area (Å²) < 4.78 is 4.84. The van der Waals surface area contributed by atoms with Gasteiger partial charge in [0.05, 0.1) is 19.1 Å². The van der Waals surface area contributed by atoms with Gasteiger partial charge in [0.25, 0.3) is 0 Å². The third kappa shape index (κ3) is 3.18. The molecule has 108 valence electrons. The van der Waals surface area contributed by atoms with Crippen molar-refractivity contribution in [2.24, 2.45) is 0 Å². The van der Waals surface area contributed by atoms with Crippen LogP contribution in [-0.2, 0) is 20.7 Å². The van der Waals surface area contributed by atoms with E-state index in [0.29, 0.717) is 6.61 Å². The summed E-state index contributed by atoms with van der Waals surface area (Å²) in [5.74, 6) is -0.305. The molecule has 0 saturated carbocycles. The van der Waals surface area contributed by atoms with Crippen LogP contribution in [0, 0.1) is 0 Å². The molecule has 0 aromatic heterocycles. The molecule has 1 aliphatic carbocycles. The van der Waals surface area contributed by atoms with Crippen molar-refractivity contribution in [2.45, 2.75) is 38.6 Å². The Morgan fingerprint density at radius 1 is 1.30 bits per heavy atom. The lowest BCUT2D eigenvalue weighted by atomic mass is 10.1. The van der Waals surface area contributed by atoms with Crippen molar-refractivity contribution in [3.63, 3.8) is 0 Å². The Morgan fingerprint density at radius 2 is 2.05 bits per heavy atom. The van der Waals surface area contributed by atoms with Gasteiger partial charge < -0.3 is 9.64 Å². The van der Waals surface area contributed by atoms with Gasteiger partial charge in [-0.2, -0.15) is 0 Å².